The lowest BCUT2D eigenvalue weighted by Gasteiger charge is -2.11. The Morgan fingerprint density at radius 3 is 1.30 bits per heavy atom. The van der Waals surface area contributed by atoms with E-state index in [1.807, 2.05) is 0 Å². The van der Waals surface area contributed by atoms with Crippen LogP contribution in [0.5, 0.6) is 0 Å². The first-order chi connectivity index (χ1) is 19.1. The summed E-state index contributed by atoms with van der Waals surface area (Å²) >= 11 is 0. The van der Waals surface area contributed by atoms with E-state index in [9.17, 15) is 29.0 Å². The van der Waals surface area contributed by atoms with Crippen LogP contribution in [0.15, 0.2) is 94.9 Å². The van der Waals surface area contributed by atoms with Gasteiger partial charge in [-0.25, -0.2) is 18.8 Å². The van der Waals surface area contributed by atoms with Gasteiger partial charge in [0.2, 0.25) is 0 Å². The van der Waals surface area contributed by atoms with Gasteiger partial charge in [0, 0.05) is 23.3 Å². The number of hydrogen-bond acceptors (Lipinski definition) is 8. The van der Waals surface area contributed by atoms with E-state index >= 15 is 0 Å². The highest BCUT2D eigenvalue weighted by Crippen LogP contribution is 2.37. The standard InChI is InChI=1S/C28H20F2N4O4S2/c1-17-23(5-3-7-25(17)33(35)36)31-27(19-9-13-21(29)14-10-19)39-40-28(20-11-15-22(30)16-12-20)32-24-6-4-8-26(18(24)2)34(37)38/h3-16H,1-2H3. The third-order valence-corrected chi connectivity index (χ3v) is 8.02. The van der Waals surface area contributed by atoms with Crippen molar-refractivity contribution in [2.45, 2.75) is 13.8 Å². The summed E-state index contributed by atoms with van der Waals surface area (Å²) < 4.78 is 27.4. The molecule has 0 heterocycles. The van der Waals surface area contributed by atoms with Gasteiger partial charge in [-0.2, -0.15) is 0 Å². The van der Waals surface area contributed by atoms with Gasteiger partial charge in [-0.05, 0) is 96.1 Å². The van der Waals surface area contributed by atoms with Crippen LogP contribution < -0.4 is 0 Å². The molecule has 12 heteroatoms. The summed E-state index contributed by atoms with van der Waals surface area (Å²) in [5.74, 6) is -0.885. The predicted molar refractivity (Wildman–Crippen MR) is 156 cm³/mol. The molecule has 0 unspecified atom stereocenters. The Morgan fingerprint density at radius 2 is 0.975 bits per heavy atom. The Balaban J connectivity index is 1.79. The summed E-state index contributed by atoms with van der Waals surface area (Å²) in [6.07, 6.45) is 0. The SMILES string of the molecule is Cc1c(N=C(SSC(=Nc2cccc([N+](=O)[O-])c2C)c2ccc(F)cc2)c2ccc(F)cc2)cccc1[N+](=O)[O-]. The van der Waals surface area contributed by atoms with Crippen molar-refractivity contribution in [2.24, 2.45) is 9.98 Å². The molecule has 0 saturated heterocycles. The highest BCUT2D eigenvalue weighted by molar-refractivity contribution is 8.87. The minimum absolute atomic E-state index is 0.0907. The van der Waals surface area contributed by atoms with Gasteiger partial charge in [-0.15, -0.1) is 0 Å². The maximum Gasteiger partial charge on any atom is 0.274 e. The molecular weight excluding hydrogens is 558 g/mol. The number of aliphatic imine (C=N–C) groups is 2. The second kappa shape index (κ2) is 12.6. The maximum atomic E-state index is 13.7. The monoisotopic (exact) mass is 578 g/mol. The van der Waals surface area contributed by atoms with Gasteiger partial charge in [-0.1, -0.05) is 12.1 Å². The van der Waals surface area contributed by atoms with E-state index in [1.165, 1.54) is 72.8 Å². The number of nitrogens with zero attached hydrogens (tertiary/aromatic N) is 4. The van der Waals surface area contributed by atoms with Crippen molar-refractivity contribution in [1.29, 1.82) is 0 Å². The molecule has 4 aromatic rings. The summed E-state index contributed by atoms with van der Waals surface area (Å²) in [7, 11) is 2.31. The zero-order valence-electron chi connectivity index (χ0n) is 21.1. The van der Waals surface area contributed by atoms with E-state index in [2.05, 4.69) is 9.98 Å². The molecular formula is C28H20F2N4O4S2. The van der Waals surface area contributed by atoms with Gasteiger partial charge in [0.1, 0.15) is 21.7 Å². The van der Waals surface area contributed by atoms with Crippen LogP contribution in [0.25, 0.3) is 0 Å². The van der Waals surface area contributed by atoms with Crippen molar-refractivity contribution in [3.05, 3.63) is 139 Å². The lowest BCUT2D eigenvalue weighted by Crippen LogP contribution is -1.99. The fourth-order valence-electron chi connectivity index (χ4n) is 3.61. The van der Waals surface area contributed by atoms with Gasteiger partial charge in [0.15, 0.2) is 0 Å². The molecule has 0 atom stereocenters. The van der Waals surface area contributed by atoms with Crippen LogP contribution >= 0.6 is 21.6 Å². The highest BCUT2D eigenvalue weighted by atomic mass is 33.1. The minimum Gasteiger partial charge on any atom is -0.258 e. The van der Waals surface area contributed by atoms with Crippen LogP contribution in [0.2, 0.25) is 0 Å². The van der Waals surface area contributed by atoms with Crippen LogP contribution in [-0.2, 0) is 0 Å². The van der Waals surface area contributed by atoms with E-state index in [1.54, 1.807) is 26.0 Å². The number of nitro groups is 2. The van der Waals surface area contributed by atoms with E-state index in [0.29, 0.717) is 43.7 Å². The normalized spacial score (nSPS) is 11.9. The summed E-state index contributed by atoms with van der Waals surface area (Å²) in [6, 6.07) is 20.3. The van der Waals surface area contributed by atoms with Gasteiger partial charge in [-0.3, -0.25) is 20.2 Å². The third-order valence-electron chi connectivity index (χ3n) is 5.77. The number of benzene rings is 4. The maximum absolute atomic E-state index is 13.7. The van der Waals surface area contributed by atoms with Crippen LogP contribution in [0, 0.1) is 45.7 Å². The molecule has 8 nitrogen and oxygen atoms in total. The summed E-state index contributed by atoms with van der Waals surface area (Å²) in [6.45, 7) is 3.18. The molecule has 0 radical (unpaired) electrons. The first-order valence-corrected chi connectivity index (χ1v) is 13.8. The molecule has 0 saturated carbocycles. The van der Waals surface area contributed by atoms with Gasteiger partial charge < -0.3 is 0 Å². The number of nitro benzene ring substituents is 2. The van der Waals surface area contributed by atoms with Crippen molar-refractivity contribution < 1.29 is 18.6 Å². The largest absolute Gasteiger partial charge is 0.274 e. The Labute approximate surface area is 235 Å². The van der Waals surface area contributed by atoms with Crippen LogP contribution in [-0.4, -0.2) is 19.9 Å². The lowest BCUT2D eigenvalue weighted by molar-refractivity contribution is -0.385. The molecule has 40 heavy (non-hydrogen) atoms. The Kier molecular flexibility index (Phi) is 9.02. The van der Waals surface area contributed by atoms with Crippen LogP contribution in [0.3, 0.4) is 0 Å². The van der Waals surface area contributed by atoms with Crippen molar-refractivity contribution in [1.82, 2.24) is 0 Å². The van der Waals surface area contributed by atoms with Crippen molar-refractivity contribution in [3.63, 3.8) is 0 Å². The second-order valence-corrected chi connectivity index (χ2v) is 10.5. The molecule has 0 amide bonds. The predicted octanol–water partition coefficient (Wildman–Crippen LogP) is 8.64. The van der Waals surface area contributed by atoms with E-state index in [0.717, 1.165) is 21.6 Å². The molecule has 4 rings (SSSR count). The average Bonchev–Trinajstić information content (AvgIpc) is 2.92. The Morgan fingerprint density at radius 1 is 0.625 bits per heavy atom. The molecule has 4 aromatic carbocycles. The Bertz CT molecular complexity index is 1520. The molecule has 0 aliphatic rings. The number of halogens is 2. The molecule has 0 fully saturated rings. The number of rotatable bonds is 6. The minimum atomic E-state index is -0.492. The van der Waals surface area contributed by atoms with E-state index in [-0.39, 0.29) is 11.4 Å². The van der Waals surface area contributed by atoms with Crippen molar-refractivity contribution >= 4 is 54.4 Å². The fraction of sp³-hybridized carbons (Fsp3) is 0.0714. The van der Waals surface area contributed by atoms with Crippen LogP contribution in [0.4, 0.5) is 31.5 Å². The Hall–Kier alpha value is -4.42. The molecule has 202 valence electrons. The molecule has 0 spiro atoms. The quantitative estimate of drug-likeness (QED) is 0.0744. The lowest BCUT2D eigenvalue weighted by atomic mass is 10.1. The zero-order valence-corrected chi connectivity index (χ0v) is 22.7. The van der Waals surface area contributed by atoms with Gasteiger partial charge in [0.25, 0.3) is 11.4 Å². The first-order valence-electron chi connectivity index (χ1n) is 11.7. The average molecular weight is 579 g/mol. The first kappa shape index (κ1) is 28.6. The van der Waals surface area contributed by atoms with Gasteiger partial charge >= 0.3 is 0 Å². The molecule has 0 aliphatic heterocycles. The molecule has 0 bridgehead atoms. The molecule has 0 aliphatic carbocycles. The van der Waals surface area contributed by atoms with Crippen molar-refractivity contribution in [2.75, 3.05) is 0 Å². The summed E-state index contributed by atoms with van der Waals surface area (Å²) in [4.78, 5) is 31.3. The topological polar surface area (TPSA) is 111 Å². The second-order valence-electron chi connectivity index (χ2n) is 8.37. The van der Waals surface area contributed by atoms with E-state index in [4.69, 9.17) is 0 Å². The summed E-state index contributed by atoms with van der Waals surface area (Å²) in [5, 5.41) is 23.7. The molecule has 0 N–H and O–H groups in total. The molecule has 0 aromatic heterocycles. The smallest absolute Gasteiger partial charge is 0.258 e. The fourth-order valence-corrected chi connectivity index (χ4v) is 5.77. The third kappa shape index (κ3) is 6.77. The number of hydrogen-bond donors (Lipinski definition) is 0. The van der Waals surface area contributed by atoms with E-state index < -0.39 is 21.5 Å². The van der Waals surface area contributed by atoms with Gasteiger partial charge in [0.05, 0.1) is 32.3 Å². The van der Waals surface area contributed by atoms with Crippen LogP contribution in [0.1, 0.15) is 22.3 Å². The highest BCUT2D eigenvalue weighted by Gasteiger charge is 2.18. The summed E-state index contributed by atoms with van der Waals surface area (Å²) in [5.41, 5.74) is 2.35. The van der Waals surface area contributed by atoms with Crippen molar-refractivity contribution in [3.8, 4) is 0 Å². The zero-order chi connectivity index (χ0) is 28.8.